The van der Waals surface area contributed by atoms with Crippen LogP contribution in [0.5, 0.6) is 0 Å². The summed E-state index contributed by atoms with van der Waals surface area (Å²) in [5.74, 6) is -4.51. The van der Waals surface area contributed by atoms with Crippen LogP contribution in [0.4, 0.5) is 13.2 Å². The van der Waals surface area contributed by atoms with Crippen LogP contribution >= 0.6 is 0 Å². The maximum absolute atomic E-state index is 13.2. The van der Waals surface area contributed by atoms with Gasteiger partial charge in [-0.2, -0.15) is 18.4 Å². The van der Waals surface area contributed by atoms with E-state index in [1.54, 1.807) is 5.32 Å². The van der Waals surface area contributed by atoms with Crippen molar-refractivity contribution in [3.8, 4) is 6.07 Å². The fourth-order valence-electron chi connectivity index (χ4n) is 3.68. The van der Waals surface area contributed by atoms with E-state index in [0.29, 0.717) is 13.0 Å². The molecule has 2 aliphatic rings. The molecule has 0 saturated carbocycles. The van der Waals surface area contributed by atoms with Crippen LogP contribution in [0.3, 0.4) is 0 Å². The fourth-order valence-corrected chi connectivity index (χ4v) is 3.68. The molecule has 2 heterocycles. The molecular formula is C20H28F3N5O5. The lowest BCUT2D eigenvalue weighted by Gasteiger charge is -2.40. The van der Waals surface area contributed by atoms with Crippen LogP contribution in [0.25, 0.3) is 0 Å². The van der Waals surface area contributed by atoms with Crippen LogP contribution < -0.4 is 16.0 Å². The highest BCUT2D eigenvalue weighted by atomic mass is 19.4. The van der Waals surface area contributed by atoms with Crippen molar-refractivity contribution in [2.45, 2.75) is 57.9 Å². The van der Waals surface area contributed by atoms with Gasteiger partial charge < -0.3 is 25.6 Å². The van der Waals surface area contributed by atoms with Gasteiger partial charge in [-0.1, -0.05) is 20.8 Å². The zero-order valence-electron chi connectivity index (χ0n) is 18.6. The fraction of sp³-hybridized carbons (Fsp3) is 0.750. The SMILES string of the molecule is CC(C)(C)[C@H](NC(=O)C(F)(F)F)C(=O)N1CCOC[C@H]1C(=O)N[C@H](C#N)C[C@@H]1CCNC1=O. The smallest absolute Gasteiger partial charge is 0.377 e. The highest BCUT2D eigenvalue weighted by Crippen LogP contribution is 2.25. The molecule has 0 spiro atoms. The molecule has 184 valence electrons. The second-order valence-electron chi connectivity index (χ2n) is 9.10. The average molecular weight is 475 g/mol. The van der Waals surface area contributed by atoms with Crippen molar-refractivity contribution in [1.82, 2.24) is 20.9 Å². The Bertz CT molecular complexity index is 820. The van der Waals surface area contributed by atoms with E-state index in [1.165, 1.54) is 20.8 Å². The molecule has 0 aromatic carbocycles. The molecule has 2 fully saturated rings. The molecule has 13 heteroatoms. The quantitative estimate of drug-likeness (QED) is 0.488. The average Bonchev–Trinajstić information content (AvgIpc) is 3.13. The monoisotopic (exact) mass is 475 g/mol. The molecule has 4 atom stereocenters. The minimum absolute atomic E-state index is 0.0452. The second kappa shape index (κ2) is 10.4. The first kappa shape index (κ1) is 26.4. The first-order valence-corrected chi connectivity index (χ1v) is 10.5. The molecule has 33 heavy (non-hydrogen) atoms. The number of hydrogen-bond acceptors (Lipinski definition) is 6. The zero-order chi connectivity index (χ0) is 25.0. The van der Waals surface area contributed by atoms with Gasteiger partial charge in [-0.3, -0.25) is 19.2 Å². The Morgan fingerprint density at radius 3 is 2.45 bits per heavy atom. The molecule has 4 amide bonds. The van der Waals surface area contributed by atoms with Crippen molar-refractivity contribution in [3.05, 3.63) is 0 Å². The van der Waals surface area contributed by atoms with E-state index < -0.39 is 53.4 Å². The van der Waals surface area contributed by atoms with E-state index in [2.05, 4.69) is 10.6 Å². The molecule has 0 aromatic rings. The highest BCUT2D eigenvalue weighted by molar-refractivity contribution is 5.94. The molecule has 2 saturated heterocycles. The second-order valence-corrected chi connectivity index (χ2v) is 9.10. The molecule has 2 aliphatic heterocycles. The summed E-state index contributed by atoms with van der Waals surface area (Å²) in [6.45, 7) is 4.66. The van der Waals surface area contributed by atoms with Crippen molar-refractivity contribution in [2.24, 2.45) is 11.3 Å². The third kappa shape index (κ3) is 6.80. The van der Waals surface area contributed by atoms with Gasteiger partial charge in [0.1, 0.15) is 18.1 Å². The van der Waals surface area contributed by atoms with Crippen LogP contribution in [0.15, 0.2) is 0 Å². The molecule has 0 radical (unpaired) electrons. The van der Waals surface area contributed by atoms with Crippen LogP contribution in [0.2, 0.25) is 0 Å². The Morgan fingerprint density at radius 2 is 1.94 bits per heavy atom. The number of hydrogen-bond donors (Lipinski definition) is 3. The summed E-state index contributed by atoms with van der Waals surface area (Å²) in [5.41, 5.74) is -1.09. The van der Waals surface area contributed by atoms with Gasteiger partial charge >= 0.3 is 12.1 Å². The van der Waals surface area contributed by atoms with E-state index in [0.717, 1.165) is 4.90 Å². The van der Waals surface area contributed by atoms with E-state index in [4.69, 9.17) is 4.74 Å². The third-order valence-electron chi connectivity index (χ3n) is 5.52. The summed E-state index contributed by atoms with van der Waals surface area (Å²) in [6.07, 6.45) is -4.57. The minimum Gasteiger partial charge on any atom is -0.377 e. The number of nitrogens with one attached hydrogen (secondary N) is 3. The van der Waals surface area contributed by atoms with Gasteiger partial charge in [0.05, 0.1) is 19.3 Å². The molecule has 0 bridgehead atoms. The Balaban J connectivity index is 2.16. The number of alkyl halides is 3. The predicted molar refractivity (Wildman–Crippen MR) is 107 cm³/mol. The van der Waals surface area contributed by atoms with E-state index in [1.807, 2.05) is 6.07 Å². The van der Waals surface area contributed by atoms with Crippen molar-refractivity contribution in [1.29, 1.82) is 5.26 Å². The minimum atomic E-state index is -5.18. The van der Waals surface area contributed by atoms with Crippen molar-refractivity contribution in [3.63, 3.8) is 0 Å². The van der Waals surface area contributed by atoms with Crippen LogP contribution in [-0.4, -0.2) is 79.1 Å². The lowest BCUT2D eigenvalue weighted by Crippen LogP contribution is -2.63. The lowest BCUT2D eigenvalue weighted by atomic mass is 9.85. The Labute approximate surface area is 189 Å². The number of nitrogens with zero attached hydrogens (tertiary/aromatic N) is 2. The first-order chi connectivity index (χ1) is 15.3. The van der Waals surface area contributed by atoms with E-state index >= 15 is 0 Å². The standard InChI is InChI=1S/C20H28F3N5O5/c1-19(2,3)14(27-18(32)20(21,22)23)17(31)28-6-7-33-10-13(28)16(30)26-12(9-24)8-11-4-5-25-15(11)29/h11-14H,4-8,10H2,1-3H3,(H,25,29)(H,26,30)(H,27,32)/t11-,12-,13-,14+/m0/s1. The van der Waals surface area contributed by atoms with Gasteiger partial charge in [-0.05, 0) is 18.3 Å². The molecule has 10 nitrogen and oxygen atoms in total. The number of amides is 4. The zero-order valence-corrected chi connectivity index (χ0v) is 18.6. The van der Waals surface area contributed by atoms with E-state index in [-0.39, 0.29) is 32.1 Å². The number of rotatable bonds is 6. The number of nitriles is 1. The van der Waals surface area contributed by atoms with Gasteiger partial charge in [-0.15, -0.1) is 0 Å². The number of halogens is 3. The molecule has 3 N–H and O–H groups in total. The van der Waals surface area contributed by atoms with Crippen molar-refractivity contribution < 1.29 is 37.1 Å². The van der Waals surface area contributed by atoms with Gasteiger partial charge in [0.25, 0.3) is 0 Å². The summed E-state index contributed by atoms with van der Waals surface area (Å²) in [6, 6.07) is -1.87. The Kier molecular flexibility index (Phi) is 8.29. The summed E-state index contributed by atoms with van der Waals surface area (Å²) in [4.78, 5) is 50.4. The van der Waals surface area contributed by atoms with Gasteiger partial charge in [0, 0.05) is 19.0 Å². The summed E-state index contributed by atoms with van der Waals surface area (Å²) in [5, 5.41) is 16.3. The van der Waals surface area contributed by atoms with Crippen molar-refractivity contribution >= 4 is 23.6 Å². The van der Waals surface area contributed by atoms with E-state index in [9.17, 15) is 37.6 Å². The Hall–Kier alpha value is -2.88. The molecular weight excluding hydrogens is 447 g/mol. The predicted octanol–water partition coefficient (Wildman–Crippen LogP) is -0.158. The maximum Gasteiger partial charge on any atom is 0.471 e. The Morgan fingerprint density at radius 1 is 1.27 bits per heavy atom. The van der Waals surface area contributed by atoms with Gasteiger partial charge in [0.2, 0.25) is 17.7 Å². The van der Waals surface area contributed by atoms with Crippen LogP contribution in [0.1, 0.15) is 33.6 Å². The summed E-state index contributed by atoms with van der Waals surface area (Å²) in [7, 11) is 0. The number of morpholine rings is 1. The molecule has 0 aromatic heterocycles. The normalized spacial score (nSPS) is 23.2. The molecule has 0 unspecified atom stereocenters. The maximum atomic E-state index is 13.2. The summed E-state index contributed by atoms with van der Waals surface area (Å²) < 4.78 is 43.7. The molecule has 2 rings (SSSR count). The summed E-state index contributed by atoms with van der Waals surface area (Å²) >= 11 is 0. The highest BCUT2D eigenvalue weighted by Gasteiger charge is 2.46. The first-order valence-electron chi connectivity index (χ1n) is 10.5. The van der Waals surface area contributed by atoms with Crippen LogP contribution in [0, 0.1) is 22.7 Å². The number of carbonyl (C=O) groups is 4. The molecule has 0 aliphatic carbocycles. The topological polar surface area (TPSA) is 141 Å². The largest absolute Gasteiger partial charge is 0.471 e. The third-order valence-corrected chi connectivity index (χ3v) is 5.52. The number of ether oxygens (including phenoxy) is 1. The van der Waals surface area contributed by atoms with Gasteiger partial charge in [-0.25, -0.2) is 0 Å². The van der Waals surface area contributed by atoms with Gasteiger partial charge in [0.15, 0.2) is 0 Å². The van der Waals surface area contributed by atoms with Crippen molar-refractivity contribution in [2.75, 3.05) is 26.3 Å². The number of carbonyl (C=O) groups excluding carboxylic acids is 4. The lowest BCUT2D eigenvalue weighted by molar-refractivity contribution is -0.176. The van der Waals surface area contributed by atoms with Crippen LogP contribution in [-0.2, 0) is 23.9 Å².